The van der Waals surface area contributed by atoms with Crippen LogP contribution < -0.4 is 0 Å². The van der Waals surface area contributed by atoms with Crippen LogP contribution in [0.1, 0.15) is 37.1 Å². The van der Waals surface area contributed by atoms with Crippen LogP contribution in [0.5, 0.6) is 0 Å². The molecule has 2 aliphatic rings. The summed E-state index contributed by atoms with van der Waals surface area (Å²) in [6.45, 7) is 0.657. The Morgan fingerprint density at radius 3 is 2.67 bits per heavy atom. The lowest BCUT2D eigenvalue weighted by atomic mass is 10.0. The average molecular weight is 346 g/mol. The fourth-order valence-corrected chi connectivity index (χ4v) is 5.31. The van der Waals surface area contributed by atoms with Crippen LogP contribution in [0.2, 0.25) is 0 Å². The number of para-hydroxylation sites is 1. The Morgan fingerprint density at radius 1 is 1.12 bits per heavy atom. The minimum Gasteiger partial charge on any atom is -0.377 e. The van der Waals surface area contributed by atoms with Gasteiger partial charge >= 0.3 is 0 Å². The molecule has 4 rings (SSSR count). The van der Waals surface area contributed by atoms with E-state index in [-0.39, 0.29) is 17.0 Å². The Morgan fingerprint density at radius 2 is 1.92 bits per heavy atom. The number of sulfone groups is 1. The average Bonchev–Trinajstić information content (AvgIpc) is 3.22. The number of imidazole rings is 1. The van der Waals surface area contributed by atoms with E-state index in [1.54, 1.807) is 0 Å². The minimum atomic E-state index is -3.49. The van der Waals surface area contributed by atoms with Crippen LogP contribution in [0, 0.1) is 0 Å². The van der Waals surface area contributed by atoms with Crippen LogP contribution >= 0.6 is 0 Å². The lowest BCUT2D eigenvalue weighted by Gasteiger charge is -2.16. The van der Waals surface area contributed by atoms with Gasteiger partial charge in [-0.1, -0.05) is 18.2 Å². The van der Waals surface area contributed by atoms with Crippen LogP contribution in [0.25, 0.3) is 5.69 Å². The smallest absolute Gasteiger partial charge is 0.232 e. The molecule has 128 valence electrons. The van der Waals surface area contributed by atoms with E-state index in [4.69, 9.17) is 4.74 Å². The summed E-state index contributed by atoms with van der Waals surface area (Å²) >= 11 is 0. The number of hydrogen-bond donors (Lipinski definition) is 0. The molecule has 0 spiro atoms. The summed E-state index contributed by atoms with van der Waals surface area (Å²) < 4.78 is 33.5. The standard InChI is InChI=1S/C18H22N2O3S/c21-24(22,13-15-9-6-12-23-15)18-19-16-10-4-5-11-17(16)20(18)14-7-2-1-3-8-14/h1-3,7-8,15H,4-6,9-13H2. The van der Waals surface area contributed by atoms with Gasteiger partial charge in [0.25, 0.3) is 0 Å². The molecule has 1 aliphatic heterocycles. The quantitative estimate of drug-likeness (QED) is 0.854. The fraction of sp³-hybridized carbons (Fsp3) is 0.500. The third kappa shape index (κ3) is 2.89. The van der Waals surface area contributed by atoms with Crippen molar-refractivity contribution >= 4 is 9.84 Å². The zero-order valence-corrected chi connectivity index (χ0v) is 14.5. The molecule has 1 aromatic heterocycles. The highest BCUT2D eigenvalue weighted by molar-refractivity contribution is 7.91. The number of nitrogens with zero attached hydrogens (tertiary/aromatic N) is 2. The second kappa shape index (κ2) is 6.33. The van der Waals surface area contributed by atoms with Crippen molar-refractivity contribution in [2.75, 3.05) is 12.4 Å². The number of fused-ring (bicyclic) bond motifs is 1. The summed E-state index contributed by atoms with van der Waals surface area (Å²) in [4.78, 5) is 4.56. The Balaban J connectivity index is 1.81. The van der Waals surface area contributed by atoms with E-state index in [2.05, 4.69) is 4.98 Å². The van der Waals surface area contributed by atoms with E-state index in [0.717, 1.165) is 55.6 Å². The molecule has 0 bridgehead atoms. The van der Waals surface area contributed by atoms with Gasteiger partial charge in [0.05, 0.1) is 17.6 Å². The Hall–Kier alpha value is -1.66. The van der Waals surface area contributed by atoms with Gasteiger partial charge < -0.3 is 4.74 Å². The van der Waals surface area contributed by atoms with Crippen molar-refractivity contribution in [3.8, 4) is 5.69 Å². The molecule has 0 saturated carbocycles. The normalized spacial score (nSPS) is 20.9. The lowest BCUT2D eigenvalue weighted by molar-refractivity contribution is 0.127. The number of benzene rings is 1. The molecule has 0 N–H and O–H groups in total. The second-order valence-electron chi connectivity index (χ2n) is 6.58. The Labute approximate surface area is 142 Å². The van der Waals surface area contributed by atoms with Crippen molar-refractivity contribution < 1.29 is 13.2 Å². The molecule has 24 heavy (non-hydrogen) atoms. The second-order valence-corrected chi connectivity index (χ2v) is 8.51. The molecule has 2 aromatic rings. The number of aromatic nitrogens is 2. The number of hydrogen-bond acceptors (Lipinski definition) is 4. The topological polar surface area (TPSA) is 61.2 Å². The van der Waals surface area contributed by atoms with E-state index in [1.165, 1.54) is 0 Å². The molecular weight excluding hydrogens is 324 g/mol. The first kappa shape index (κ1) is 15.8. The van der Waals surface area contributed by atoms with E-state index in [0.29, 0.717) is 6.61 Å². The van der Waals surface area contributed by atoms with Crippen LogP contribution in [0.4, 0.5) is 0 Å². The van der Waals surface area contributed by atoms with Crippen molar-refractivity contribution in [2.45, 2.75) is 49.8 Å². The summed E-state index contributed by atoms with van der Waals surface area (Å²) in [6.07, 6.45) is 5.44. The van der Waals surface area contributed by atoms with Gasteiger partial charge in [-0.3, -0.25) is 4.57 Å². The summed E-state index contributed by atoms with van der Waals surface area (Å²) in [6, 6.07) is 9.69. The van der Waals surface area contributed by atoms with Gasteiger partial charge in [0.15, 0.2) is 0 Å². The first-order valence-corrected chi connectivity index (χ1v) is 10.3. The van der Waals surface area contributed by atoms with Crippen molar-refractivity contribution in [3.05, 3.63) is 41.7 Å². The lowest BCUT2D eigenvalue weighted by Crippen LogP contribution is -2.23. The largest absolute Gasteiger partial charge is 0.377 e. The monoisotopic (exact) mass is 346 g/mol. The fourth-order valence-electron chi connectivity index (χ4n) is 3.66. The molecule has 1 saturated heterocycles. The molecular formula is C18H22N2O3S. The number of aryl methyl sites for hydroxylation is 1. The van der Waals surface area contributed by atoms with Crippen LogP contribution in [-0.2, 0) is 27.4 Å². The van der Waals surface area contributed by atoms with Gasteiger partial charge in [-0.15, -0.1) is 0 Å². The molecule has 0 radical (unpaired) electrons. The highest BCUT2D eigenvalue weighted by Gasteiger charge is 2.32. The molecule has 2 heterocycles. The van der Waals surface area contributed by atoms with Crippen LogP contribution in [-0.4, -0.2) is 36.4 Å². The van der Waals surface area contributed by atoms with Crippen LogP contribution in [0.3, 0.4) is 0 Å². The van der Waals surface area contributed by atoms with Crippen molar-refractivity contribution in [3.63, 3.8) is 0 Å². The van der Waals surface area contributed by atoms with Crippen molar-refractivity contribution in [1.29, 1.82) is 0 Å². The summed E-state index contributed by atoms with van der Waals surface area (Å²) in [5, 5.41) is 0.191. The molecule has 1 aromatic carbocycles. The third-order valence-corrected chi connectivity index (χ3v) is 6.46. The number of ether oxygens (including phenoxy) is 1. The Bertz CT molecular complexity index is 821. The Kier molecular flexibility index (Phi) is 4.18. The van der Waals surface area contributed by atoms with E-state index >= 15 is 0 Å². The maximum atomic E-state index is 13.0. The first-order chi connectivity index (χ1) is 11.6. The van der Waals surface area contributed by atoms with Gasteiger partial charge in [0.2, 0.25) is 15.0 Å². The summed E-state index contributed by atoms with van der Waals surface area (Å²) in [7, 11) is -3.49. The maximum Gasteiger partial charge on any atom is 0.232 e. The number of rotatable bonds is 4. The van der Waals surface area contributed by atoms with Gasteiger partial charge in [-0.2, -0.15) is 0 Å². The van der Waals surface area contributed by atoms with E-state index in [9.17, 15) is 8.42 Å². The maximum absolute atomic E-state index is 13.0. The molecule has 1 fully saturated rings. The van der Waals surface area contributed by atoms with E-state index in [1.807, 2.05) is 34.9 Å². The van der Waals surface area contributed by atoms with Crippen molar-refractivity contribution in [1.82, 2.24) is 9.55 Å². The highest BCUT2D eigenvalue weighted by Crippen LogP contribution is 2.29. The van der Waals surface area contributed by atoms with Crippen LogP contribution in [0.15, 0.2) is 35.5 Å². The highest BCUT2D eigenvalue weighted by atomic mass is 32.2. The minimum absolute atomic E-state index is 0.0235. The predicted octanol–water partition coefficient (Wildman–Crippen LogP) is 2.70. The van der Waals surface area contributed by atoms with Gasteiger partial charge in [-0.25, -0.2) is 13.4 Å². The summed E-state index contributed by atoms with van der Waals surface area (Å²) in [5.74, 6) is 0.0235. The predicted molar refractivity (Wildman–Crippen MR) is 91.2 cm³/mol. The molecule has 1 atom stereocenters. The van der Waals surface area contributed by atoms with Gasteiger partial charge in [0.1, 0.15) is 0 Å². The summed E-state index contributed by atoms with van der Waals surface area (Å²) in [5.41, 5.74) is 2.87. The van der Waals surface area contributed by atoms with Gasteiger partial charge in [0, 0.05) is 18.0 Å². The molecule has 6 heteroatoms. The van der Waals surface area contributed by atoms with Gasteiger partial charge in [-0.05, 0) is 50.7 Å². The first-order valence-electron chi connectivity index (χ1n) is 8.65. The third-order valence-electron chi connectivity index (χ3n) is 4.82. The molecule has 5 nitrogen and oxygen atoms in total. The molecule has 1 unspecified atom stereocenters. The SMILES string of the molecule is O=S(=O)(CC1CCCO1)c1nc2c(n1-c1ccccc1)CCCC2. The van der Waals surface area contributed by atoms with Crippen molar-refractivity contribution in [2.24, 2.45) is 0 Å². The molecule has 1 aliphatic carbocycles. The zero-order valence-electron chi connectivity index (χ0n) is 13.6. The zero-order chi connectivity index (χ0) is 16.6. The van der Waals surface area contributed by atoms with E-state index < -0.39 is 9.84 Å². The molecule has 0 amide bonds.